The summed E-state index contributed by atoms with van der Waals surface area (Å²) >= 11 is 1.82. The number of hydrogen-bond acceptors (Lipinski definition) is 3. The Morgan fingerprint density at radius 3 is 2.70 bits per heavy atom. The first-order valence-corrected chi connectivity index (χ1v) is 9.88. The summed E-state index contributed by atoms with van der Waals surface area (Å²) < 4.78 is 0. The number of benzene rings is 2. The molecule has 0 fully saturated rings. The molecule has 0 aromatic heterocycles. The molecule has 1 aliphatic carbocycles. The van der Waals surface area contributed by atoms with Gasteiger partial charge in [-0.15, -0.1) is 0 Å². The summed E-state index contributed by atoms with van der Waals surface area (Å²) in [5.74, 6) is 0. The van der Waals surface area contributed by atoms with Gasteiger partial charge >= 0.3 is 0 Å². The highest BCUT2D eigenvalue weighted by molar-refractivity contribution is 8.03. The zero-order chi connectivity index (χ0) is 18.8. The lowest BCUT2D eigenvalue weighted by Crippen LogP contribution is -2.11. The summed E-state index contributed by atoms with van der Waals surface area (Å²) in [6.45, 7) is 2.05. The van der Waals surface area contributed by atoms with Crippen LogP contribution in [0.3, 0.4) is 0 Å². The Bertz CT molecular complexity index is 1080. The summed E-state index contributed by atoms with van der Waals surface area (Å²) in [4.78, 5) is 8.05. The van der Waals surface area contributed by atoms with Crippen molar-refractivity contribution >= 4 is 33.9 Å². The maximum atomic E-state index is 4.44. The number of anilines is 1. The fourth-order valence-corrected chi connectivity index (χ4v) is 4.64. The van der Waals surface area contributed by atoms with E-state index in [4.69, 9.17) is 0 Å². The molecule has 0 bridgehead atoms. The Labute approximate surface area is 165 Å². The monoisotopic (exact) mass is 370 g/mol. The van der Waals surface area contributed by atoms with Crippen molar-refractivity contribution in [2.75, 3.05) is 19.0 Å². The molecule has 0 radical (unpaired) electrons. The van der Waals surface area contributed by atoms with Gasteiger partial charge in [-0.05, 0) is 36.1 Å². The van der Waals surface area contributed by atoms with Crippen LogP contribution in [0.4, 0.5) is 5.69 Å². The summed E-state index contributed by atoms with van der Waals surface area (Å²) in [5, 5.41) is 3.79. The SMILES string of the molecule is C\C=C/C(/C=C1\Sc2ccc3ccccc3c2N1C)=C1/C=CC=C/C1=N\C. The maximum absolute atomic E-state index is 4.44. The van der Waals surface area contributed by atoms with Crippen LogP contribution >= 0.6 is 11.8 Å². The maximum Gasteiger partial charge on any atom is 0.0805 e. The number of rotatable bonds is 2. The van der Waals surface area contributed by atoms with E-state index in [1.54, 1.807) is 0 Å². The Hall–Kier alpha value is -2.78. The molecule has 0 spiro atoms. The van der Waals surface area contributed by atoms with Crippen LogP contribution in [0.5, 0.6) is 0 Å². The predicted octanol–water partition coefficient (Wildman–Crippen LogP) is 6.29. The van der Waals surface area contributed by atoms with E-state index < -0.39 is 0 Å². The minimum absolute atomic E-state index is 1.01. The zero-order valence-electron chi connectivity index (χ0n) is 15.8. The normalized spacial score (nSPS) is 21.1. The number of thioether (sulfide) groups is 1. The van der Waals surface area contributed by atoms with E-state index in [0.717, 1.165) is 11.3 Å². The van der Waals surface area contributed by atoms with Crippen molar-refractivity contribution in [3.8, 4) is 0 Å². The van der Waals surface area contributed by atoms with Crippen LogP contribution < -0.4 is 4.90 Å². The van der Waals surface area contributed by atoms with Gasteiger partial charge in [0, 0.05) is 30.0 Å². The number of aliphatic imine (C=N–C) groups is 1. The van der Waals surface area contributed by atoms with Crippen molar-refractivity contribution in [2.24, 2.45) is 4.99 Å². The van der Waals surface area contributed by atoms with Gasteiger partial charge in [0.2, 0.25) is 0 Å². The molecular formula is C24H22N2S. The highest BCUT2D eigenvalue weighted by atomic mass is 32.2. The summed E-state index contributed by atoms with van der Waals surface area (Å²) in [6.07, 6.45) is 14.8. The first-order chi connectivity index (χ1) is 13.2. The molecule has 3 heteroatoms. The van der Waals surface area contributed by atoms with E-state index in [1.807, 2.05) is 24.9 Å². The van der Waals surface area contributed by atoms with Gasteiger partial charge in [0.25, 0.3) is 0 Å². The van der Waals surface area contributed by atoms with Crippen LogP contribution in [0.25, 0.3) is 10.8 Å². The number of nitrogens with zero attached hydrogens (tertiary/aromatic N) is 2. The van der Waals surface area contributed by atoms with Crippen molar-refractivity contribution in [3.05, 3.63) is 95.1 Å². The van der Waals surface area contributed by atoms with Gasteiger partial charge in [-0.25, -0.2) is 0 Å². The molecular weight excluding hydrogens is 348 g/mol. The van der Waals surface area contributed by atoms with Crippen LogP contribution in [-0.2, 0) is 0 Å². The number of fused-ring (bicyclic) bond motifs is 3. The van der Waals surface area contributed by atoms with Crippen molar-refractivity contribution in [1.29, 1.82) is 0 Å². The standard InChI is InChI=1S/C24H22N2S/c1-4-9-18(19-11-7-8-13-21(19)25-2)16-23-26(3)24-20-12-6-5-10-17(20)14-15-22(24)27-23/h4-16H,1-3H3/b9-4-,19-18+,23-16-,25-21+. The second-order valence-electron chi connectivity index (χ2n) is 6.47. The quantitative estimate of drug-likeness (QED) is 0.617. The molecule has 2 aromatic rings. The average Bonchev–Trinajstić information content (AvgIpc) is 3.03. The number of allylic oxidation sites excluding steroid dienone is 9. The highest BCUT2D eigenvalue weighted by Crippen LogP contribution is 2.49. The van der Waals surface area contributed by atoms with Crippen molar-refractivity contribution in [1.82, 2.24) is 0 Å². The third-order valence-corrected chi connectivity index (χ3v) is 5.98. The first-order valence-electron chi connectivity index (χ1n) is 9.07. The van der Waals surface area contributed by atoms with E-state index in [-0.39, 0.29) is 0 Å². The summed E-state index contributed by atoms with van der Waals surface area (Å²) in [7, 11) is 4.00. The molecule has 0 saturated carbocycles. The molecule has 2 aliphatic rings. The second kappa shape index (κ2) is 7.45. The third-order valence-electron chi connectivity index (χ3n) is 4.83. The summed E-state index contributed by atoms with van der Waals surface area (Å²) in [6, 6.07) is 13.0. The Kier molecular flexibility index (Phi) is 4.87. The van der Waals surface area contributed by atoms with E-state index in [2.05, 4.69) is 96.7 Å². The number of hydrogen-bond donors (Lipinski definition) is 0. The highest BCUT2D eigenvalue weighted by Gasteiger charge is 2.24. The summed E-state index contributed by atoms with van der Waals surface area (Å²) in [5.41, 5.74) is 4.62. The molecule has 27 heavy (non-hydrogen) atoms. The Balaban J connectivity index is 1.83. The van der Waals surface area contributed by atoms with Gasteiger partial charge in [-0.2, -0.15) is 0 Å². The molecule has 0 atom stereocenters. The van der Waals surface area contributed by atoms with E-state index in [1.165, 1.54) is 32.0 Å². The van der Waals surface area contributed by atoms with Crippen LogP contribution in [0, 0.1) is 0 Å². The Morgan fingerprint density at radius 2 is 1.89 bits per heavy atom. The van der Waals surface area contributed by atoms with Crippen molar-refractivity contribution in [3.63, 3.8) is 0 Å². The lowest BCUT2D eigenvalue weighted by molar-refractivity contribution is 1.19. The fourth-order valence-electron chi connectivity index (χ4n) is 3.52. The molecule has 4 rings (SSSR count). The first kappa shape index (κ1) is 17.6. The van der Waals surface area contributed by atoms with Gasteiger partial charge in [-0.3, -0.25) is 4.99 Å². The van der Waals surface area contributed by atoms with E-state index in [0.29, 0.717) is 0 Å². The van der Waals surface area contributed by atoms with Gasteiger partial charge in [0.05, 0.1) is 16.4 Å². The Morgan fingerprint density at radius 1 is 1.07 bits per heavy atom. The van der Waals surface area contributed by atoms with Gasteiger partial charge < -0.3 is 4.90 Å². The molecule has 134 valence electrons. The average molecular weight is 371 g/mol. The van der Waals surface area contributed by atoms with Gasteiger partial charge in [-0.1, -0.05) is 72.5 Å². The molecule has 0 N–H and O–H groups in total. The van der Waals surface area contributed by atoms with E-state index in [9.17, 15) is 0 Å². The lowest BCUT2D eigenvalue weighted by atomic mass is 9.98. The van der Waals surface area contributed by atoms with E-state index >= 15 is 0 Å². The third kappa shape index (κ3) is 3.19. The van der Waals surface area contributed by atoms with Crippen molar-refractivity contribution < 1.29 is 0 Å². The molecule has 0 saturated heterocycles. The predicted molar refractivity (Wildman–Crippen MR) is 120 cm³/mol. The minimum Gasteiger partial charge on any atom is -0.338 e. The van der Waals surface area contributed by atoms with Gasteiger partial charge in [0.1, 0.15) is 0 Å². The van der Waals surface area contributed by atoms with Gasteiger partial charge in [0.15, 0.2) is 0 Å². The molecule has 2 nitrogen and oxygen atoms in total. The smallest absolute Gasteiger partial charge is 0.0805 e. The molecule has 0 amide bonds. The van der Waals surface area contributed by atoms with Crippen LogP contribution in [0.2, 0.25) is 0 Å². The van der Waals surface area contributed by atoms with Crippen LogP contribution in [-0.4, -0.2) is 19.8 Å². The van der Waals surface area contributed by atoms with Crippen molar-refractivity contribution in [2.45, 2.75) is 11.8 Å². The van der Waals surface area contributed by atoms with Crippen LogP contribution in [0.15, 0.2) is 105 Å². The second-order valence-corrected chi connectivity index (χ2v) is 7.54. The molecule has 1 heterocycles. The van der Waals surface area contributed by atoms with Crippen LogP contribution in [0.1, 0.15) is 6.92 Å². The topological polar surface area (TPSA) is 15.6 Å². The minimum atomic E-state index is 1.01. The lowest BCUT2D eigenvalue weighted by Gasteiger charge is -2.17. The fraction of sp³-hybridized carbons (Fsp3) is 0.125. The molecule has 1 aliphatic heterocycles. The molecule has 2 aromatic carbocycles. The molecule has 0 unspecified atom stereocenters. The largest absolute Gasteiger partial charge is 0.338 e. The zero-order valence-corrected chi connectivity index (χ0v) is 16.6.